The number of methoxy groups -OCH3 is 1. The number of H-pyrrole nitrogens is 1. The molecule has 0 saturated heterocycles. The largest absolute Gasteiger partial charge is 0.488 e. The Hall–Kier alpha value is -5.45. The summed E-state index contributed by atoms with van der Waals surface area (Å²) in [6, 6.07) is 13.7. The average Bonchev–Trinajstić information content (AvgIpc) is 3.42. The van der Waals surface area contributed by atoms with Crippen molar-refractivity contribution in [1.82, 2.24) is 29.9 Å². The van der Waals surface area contributed by atoms with E-state index in [1.54, 1.807) is 38.0 Å². The first kappa shape index (κ1) is 23.7. The van der Waals surface area contributed by atoms with Crippen LogP contribution in [-0.4, -0.2) is 50.2 Å². The van der Waals surface area contributed by atoms with E-state index in [0.717, 1.165) is 38.7 Å². The summed E-state index contributed by atoms with van der Waals surface area (Å²) in [4.78, 5) is 26.1. The van der Waals surface area contributed by atoms with Crippen LogP contribution in [0.3, 0.4) is 0 Å². The van der Waals surface area contributed by atoms with Crippen molar-refractivity contribution in [2.24, 2.45) is 0 Å². The lowest BCUT2D eigenvalue weighted by molar-refractivity contribution is 0.216. The minimum Gasteiger partial charge on any atom is -0.488 e. The molecule has 0 amide bonds. The summed E-state index contributed by atoms with van der Waals surface area (Å²) < 4.78 is 17.0. The van der Waals surface area contributed by atoms with Crippen molar-refractivity contribution in [1.29, 1.82) is 0 Å². The van der Waals surface area contributed by atoms with Gasteiger partial charge >= 0.3 is 0 Å². The van der Waals surface area contributed by atoms with E-state index in [9.17, 15) is 0 Å². The highest BCUT2D eigenvalue weighted by molar-refractivity contribution is 6.03. The van der Waals surface area contributed by atoms with Gasteiger partial charge < -0.3 is 29.8 Å². The standard InChI is InChI=1S/C29H24N8O3/c1-38-25-5-3-20(13-32-25)35-29-36-27-26-23(16-34-28(26)37-29)18-2-4-24-19(9-18)10-22(15-31-24)40-7-6-39-21-8-17(12-33-27)11-30-14-21/h2-5,8-11,13-16H,6-7,12H2,1H3,(H3,33,34,35,36,37). The zero-order valence-electron chi connectivity index (χ0n) is 21.5. The number of anilines is 3. The molecule has 3 N–H and O–H groups in total. The fourth-order valence-electron chi connectivity index (χ4n) is 4.65. The molecule has 0 fully saturated rings. The Kier molecular flexibility index (Phi) is 5.93. The number of aromatic amines is 1. The molecule has 1 aliphatic rings. The van der Waals surface area contributed by atoms with Gasteiger partial charge in [-0.1, -0.05) is 6.07 Å². The highest BCUT2D eigenvalue weighted by Gasteiger charge is 2.17. The quantitative estimate of drug-likeness (QED) is 0.283. The number of hydrogen-bond acceptors (Lipinski definition) is 10. The van der Waals surface area contributed by atoms with Crippen molar-refractivity contribution in [2.75, 3.05) is 31.0 Å². The van der Waals surface area contributed by atoms with Crippen LogP contribution in [0.2, 0.25) is 0 Å². The smallest absolute Gasteiger partial charge is 0.231 e. The van der Waals surface area contributed by atoms with E-state index in [-0.39, 0.29) is 0 Å². The molecule has 6 aromatic rings. The van der Waals surface area contributed by atoms with E-state index >= 15 is 0 Å². The Bertz CT molecular complexity index is 1840. The number of pyridine rings is 3. The number of ether oxygens (including phenoxy) is 3. The highest BCUT2D eigenvalue weighted by atomic mass is 16.5. The monoisotopic (exact) mass is 532 g/mol. The van der Waals surface area contributed by atoms with Crippen molar-refractivity contribution in [3.8, 4) is 28.5 Å². The van der Waals surface area contributed by atoms with Crippen LogP contribution in [0.25, 0.3) is 33.1 Å². The molecule has 0 unspecified atom stereocenters. The van der Waals surface area contributed by atoms with Gasteiger partial charge in [-0.15, -0.1) is 0 Å². The van der Waals surface area contributed by atoms with Gasteiger partial charge in [0.2, 0.25) is 11.8 Å². The summed E-state index contributed by atoms with van der Waals surface area (Å²) >= 11 is 0. The van der Waals surface area contributed by atoms with Gasteiger partial charge in [0, 0.05) is 36.0 Å². The maximum absolute atomic E-state index is 5.91. The summed E-state index contributed by atoms with van der Waals surface area (Å²) in [7, 11) is 1.58. The third-order valence-electron chi connectivity index (χ3n) is 6.55. The van der Waals surface area contributed by atoms with Crippen LogP contribution in [-0.2, 0) is 6.54 Å². The van der Waals surface area contributed by atoms with Gasteiger partial charge in [0.1, 0.15) is 36.2 Å². The summed E-state index contributed by atoms with van der Waals surface area (Å²) in [5, 5.41) is 8.57. The van der Waals surface area contributed by atoms with E-state index < -0.39 is 0 Å². The van der Waals surface area contributed by atoms with Crippen LogP contribution >= 0.6 is 0 Å². The Labute approximate surface area is 228 Å². The molecule has 198 valence electrons. The van der Waals surface area contributed by atoms with Gasteiger partial charge in [-0.3, -0.25) is 9.97 Å². The average molecular weight is 533 g/mol. The molecule has 6 heterocycles. The van der Waals surface area contributed by atoms with E-state index in [1.807, 2.05) is 36.5 Å². The lowest BCUT2D eigenvalue weighted by Crippen LogP contribution is -2.10. The first-order valence-corrected chi connectivity index (χ1v) is 12.7. The van der Waals surface area contributed by atoms with Gasteiger partial charge in [-0.2, -0.15) is 9.97 Å². The fraction of sp³-hybridized carbons (Fsp3) is 0.138. The van der Waals surface area contributed by atoms with Gasteiger partial charge in [-0.25, -0.2) is 4.98 Å². The van der Waals surface area contributed by atoms with Gasteiger partial charge in [-0.05, 0) is 41.5 Å². The van der Waals surface area contributed by atoms with Crippen molar-refractivity contribution in [3.05, 3.63) is 79.0 Å². The van der Waals surface area contributed by atoms with Crippen molar-refractivity contribution in [2.45, 2.75) is 6.54 Å². The highest BCUT2D eigenvalue weighted by Crippen LogP contribution is 2.35. The molecule has 11 nitrogen and oxygen atoms in total. The Morgan fingerprint density at radius 2 is 1.80 bits per heavy atom. The van der Waals surface area contributed by atoms with Gasteiger partial charge in [0.05, 0.1) is 42.3 Å². The van der Waals surface area contributed by atoms with Crippen molar-refractivity contribution < 1.29 is 14.2 Å². The summed E-state index contributed by atoms with van der Waals surface area (Å²) in [6.07, 6.45) is 8.84. The molecule has 0 spiro atoms. The van der Waals surface area contributed by atoms with E-state index in [2.05, 4.69) is 36.6 Å². The Morgan fingerprint density at radius 3 is 2.65 bits per heavy atom. The lowest BCUT2D eigenvalue weighted by Gasteiger charge is -2.12. The number of rotatable bonds is 3. The number of nitrogens with zero attached hydrogens (tertiary/aromatic N) is 5. The first-order chi connectivity index (χ1) is 19.7. The first-order valence-electron chi connectivity index (χ1n) is 12.7. The second-order valence-corrected chi connectivity index (χ2v) is 9.19. The van der Waals surface area contributed by atoms with Crippen LogP contribution in [0.15, 0.2) is 73.4 Å². The second-order valence-electron chi connectivity index (χ2n) is 9.19. The molecule has 5 bridgehead atoms. The molecule has 0 radical (unpaired) electrons. The second kappa shape index (κ2) is 10.0. The van der Waals surface area contributed by atoms with Crippen LogP contribution in [0.5, 0.6) is 17.4 Å². The topological polar surface area (TPSA) is 132 Å². The molecule has 0 aliphatic carbocycles. The fourth-order valence-corrected chi connectivity index (χ4v) is 4.65. The SMILES string of the molecule is COc1ccc(Nc2nc3c4c(c[nH]c4n2)-c2ccc4ncc(cc4c2)OCCOc2cncc(c2)CN3)cn1. The van der Waals surface area contributed by atoms with Crippen LogP contribution in [0.4, 0.5) is 17.5 Å². The van der Waals surface area contributed by atoms with Crippen LogP contribution < -0.4 is 24.8 Å². The predicted octanol–water partition coefficient (Wildman–Crippen LogP) is 5.10. The molecule has 11 heteroatoms. The third kappa shape index (κ3) is 4.64. The molecule has 1 aliphatic heterocycles. The Morgan fingerprint density at radius 1 is 0.900 bits per heavy atom. The summed E-state index contributed by atoms with van der Waals surface area (Å²) in [5.41, 5.74) is 5.19. The van der Waals surface area contributed by atoms with Crippen molar-refractivity contribution in [3.63, 3.8) is 0 Å². The molecule has 1 aromatic carbocycles. The van der Waals surface area contributed by atoms with E-state index in [4.69, 9.17) is 24.2 Å². The molecule has 7 rings (SSSR count). The summed E-state index contributed by atoms with van der Waals surface area (Å²) in [6.45, 7) is 1.24. The molecule has 0 saturated carbocycles. The maximum Gasteiger partial charge on any atom is 0.231 e. The van der Waals surface area contributed by atoms with Gasteiger partial charge in [0.25, 0.3) is 0 Å². The lowest BCUT2D eigenvalue weighted by atomic mass is 10.0. The normalized spacial score (nSPS) is 12.9. The Balaban J connectivity index is 1.35. The zero-order chi connectivity index (χ0) is 26.9. The number of hydrogen-bond donors (Lipinski definition) is 3. The summed E-state index contributed by atoms with van der Waals surface area (Å²) in [5.74, 6) is 2.95. The molecular weight excluding hydrogens is 508 g/mol. The minimum atomic E-state index is 0.379. The van der Waals surface area contributed by atoms with E-state index in [0.29, 0.717) is 54.6 Å². The molecular formula is C29H24N8O3. The maximum atomic E-state index is 5.91. The van der Waals surface area contributed by atoms with Crippen LogP contribution in [0, 0.1) is 0 Å². The number of nitrogens with one attached hydrogen (secondary N) is 3. The predicted molar refractivity (Wildman–Crippen MR) is 151 cm³/mol. The minimum absolute atomic E-state index is 0.379. The number of aromatic nitrogens is 6. The van der Waals surface area contributed by atoms with Gasteiger partial charge in [0.15, 0.2) is 0 Å². The van der Waals surface area contributed by atoms with E-state index in [1.165, 1.54) is 0 Å². The zero-order valence-corrected chi connectivity index (χ0v) is 21.5. The number of benzene rings is 1. The molecule has 40 heavy (non-hydrogen) atoms. The molecule has 0 atom stereocenters. The third-order valence-corrected chi connectivity index (χ3v) is 6.55. The van der Waals surface area contributed by atoms with Crippen molar-refractivity contribution >= 4 is 39.4 Å². The van der Waals surface area contributed by atoms with Crippen LogP contribution in [0.1, 0.15) is 5.56 Å². The number of fused-ring (bicyclic) bond motifs is 5. The molecule has 5 aromatic heterocycles.